The number of aromatic nitrogens is 1. The van der Waals surface area contributed by atoms with Crippen molar-refractivity contribution in [2.45, 2.75) is 33.1 Å². The lowest BCUT2D eigenvalue weighted by molar-refractivity contribution is 0.340. The van der Waals surface area contributed by atoms with Gasteiger partial charge < -0.3 is 15.0 Å². The molecule has 0 radical (unpaired) electrons. The number of ether oxygens (including phenoxy) is 1. The molecule has 4 nitrogen and oxygen atoms in total. The van der Waals surface area contributed by atoms with Gasteiger partial charge in [0.25, 0.3) is 0 Å². The molecule has 0 atom stereocenters. The van der Waals surface area contributed by atoms with E-state index < -0.39 is 0 Å². The summed E-state index contributed by atoms with van der Waals surface area (Å²) >= 11 is 0. The van der Waals surface area contributed by atoms with Gasteiger partial charge in [0.15, 0.2) is 5.82 Å². The van der Waals surface area contributed by atoms with Crippen LogP contribution in [0.15, 0.2) is 28.8 Å². The molecule has 0 aliphatic heterocycles. The Hall–Kier alpha value is -1.97. The third-order valence-corrected chi connectivity index (χ3v) is 3.00. The first-order chi connectivity index (χ1) is 9.26. The fourth-order valence-corrected chi connectivity index (χ4v) is 2.04. The minimum Gasteiger partial charge on any atom is -0.494 e. The number of rotatable bonds is 6. The van der Waals surface area contributed by atoms with E-state index in [9.17, 15) is 0 Å². The second-order valence-corrected chi connectivity index (χ2v) is 4.43. The Morgan fingerprint density at radius 1 is 1.21 bits per heavy atom. The van der Waals surface area contributed by atoms with Gasteiger partial charge in [-0.3, -0.25) is 0 Å². The van der Waals surface area contributed by atoms with Crippen molar-refractivity contribution in [1.29, 1.82) is 0 Å². The number of anilines is 1. The lowest BCUT2D eigenvalue weighted by Crippen LogP contribution is -1.93. The second-order valence-electron chi connectivity index (χ2n) is 4.43. The van der Waals surface area contributed by atoms with E-state index in [2.05, 4.69) is 12.1 Å². The summed E-state index contributed by atoms with van der Waals surface area (Å²) in [5.74, 6) is 2.18. The molecule has 0 saturated heterocycles. The predicted molar refractivity (Wildman–Crippen MR) is 76.1 cm³/mol. The summed E-state index contributed by atoms with van der Waals surface area (Å²) in [5, 5.41) is 3.88. The lowest BCUT2D eigenvalue weighted by atomic mass is 10.0. The van der Waals surface area contributed by atoms with E-state index >= 15 is 0 Å². The van der Waals surface area contributed by atoms with E-state index in [1.54, 1.807) is 0 Å². The van der Waals surface area contributed by atoms with Crippen molar-refractivity contribution in [2.75, 3.05) is 12.3 Å². The highest BCUT2D eigenvalue weighted by Gasteiger charge is 2.15. The molecule has 4 heteroatoms. The molecule has 102 valence electrons. The molecule has 1 aromatic heterocycles. The maximum atomic E-state index is 5.91. The van der Waals surface area contributed by atoms with Gasteiger partial charge in [0.1, 0.15) is 11.5 Å². The molecule has 0 unspecified atom stereocenters. The summed E-state index contributed by atoms with van der Waals surface area (Å²) in [6, 6.07) is 7.86. The Kier molecular flexibility index (Phi) is 4.44. The van der Waals surface area contributed by atoms with Crippen molar-refractivity contribution in [3.63, 3.8) is 0 Å². The van der Waals surface area contributed by atoms with Crippen LogP contribution in [-0.4, -0.2) is 11.8 Å². The number of benzene rings is 1. The smallest absolute Gasteiger partial charge is 0.175 e. The molecular formula is C15H20N2O2. The predicted octanol–water partition coefficient (Wildman–Crippen LogP) is 3.67. The highest BCUT2D eigenvalue weighted by Crippen LogP contribution is 2.31. The molecule has 0 spiro atoms. The van der Waals surface area contributed by atoms with Gasteiger partial charge in [-0.15, -0.1) is 0 Å². The summed E-state index contributed by atoms with van der Waals surface area (Å²) in [5.41, 5.74) is 7.84. The molecular weight excluding hydrogens is 240 g/mol. The minimum atomic E-state index is 0.454. The average molecular weight is 260 g/mol. The number of hydrogen-bond acceptors (Lipinski definition) is 4. The standard InChI is InChI=1S/C15H20N2O2/c1-3-5-6-13-14(15(16)17-19-13)11-7-9-12(10-8-11)18-4-2/h7-10H,3-6H2,1-2H3,(H2,16,17). The van der Waals surface area contributed by atoms with Crippen molar-refractivity contribution in [3.05, 3.63) is 30.0 Å². The van der Waals surface area contributed by atoms with Crippen LogP contribution >= 0.6 is 0 Å². The first kappa shape index (κ1) is 13.5. The van der Waals surface area contributed by atoms with E-state index in [0.717, 1.165) is 41.9 Å². The first-order valence-electron chi connectivity index (χ1n) is 6.73. The Labute approximate surface area is 113 Å². The number of nitrogens with zero attached hydrogens (tertiary/aromatic N) is 1. The van der Waals surface area contributed by atoms with Crippen molar-refractivity contribution >= 4 is 5.82 Å². The molecule has 1 aromatic carbocycles. The van der Waals surface area contributed by atoms with Gasteiger partial charge in [-0.1, -0.05) is 30.6 Å². The van der Waals surface area contributed by atoms with E-state index in [-0.39, 0.29) is 0 Å². The van der Waals surface area contributed by atoms with E-state index in [1.807, 2.05) is 31.2 Å². The SMILES string of the molecule is CCCCc1onc(N)c1-c1ccc(OCC)cc1. The van der Waals surface area contributed by atoms with E-state index in [0.29, 0.717) is 12.4 Å². The van der Waals surface area contributed by atoms with Crippen molar-refractivity contribution in [3.8, 4) is 16.9 Å². The lowest BCUT2D eigenvalue weighted by Gasteiger charge is -2.05. The molecule has 0 amide bonds. The Balaban J connectivity index is 2.27. The third kappa shape index (κ3) is 3.08. The molecule has 0 saturated carbocycles. The zero-order valence-corrected chi connectivity index (χ0v) is 11.5. The van der Waals surface area contributed by atoms with Crippen LogP contribution in [0.2, 0.25) is 0 Å². The van der Waals surface area contributed by atoms with Crippen LogP contribution in [0.25, 0.3) is 11.1 Å². The van der Waals surface area contributed by atoms with Gasteiger partial charge in [0, 0.05) is 6.42 Å². The Morgan fingerprint density at radius 2 is 1.95 bits per heavy atom. The van der Waals surface area contributed by atoms with Gasteiger partial charge >= 0.3 is 0 Å². The highest BCUT2D eigenvalue weighted by molar-refractivity contribution is 5.75. The van der Waals surface area contributed by atoms with Crippen LogP contribution in [0.4, 0.5) is 5.82 Å². The maximum absolute atomic E-state index is 5.91. The van der Waals surface area contributed by atoms with Gasteiger partial charge in [-0.2, -0.15) is 0 Å². The second kappa shape index (κ2) is 6.27. The molecule has 0 aliphatic carbocycles. The summed E-state index contributed by atoms with van der Waals surface area (Å²) < 4.78 is 10.8. The van der Waals surface area contributed by atoms with Crippen LogP contribution in [0, 0.1) is 0 Å². The average Bonchev–Trinajstić information content (AvgIpc) is 2.79. The van der Waals surface area contributed by atoms with Crippen LogP contribution in [0.1, 0.15) is 32.4 Å². The van der Waals surface area contributed by atoms with Gasteiger partial charge in [-0.05, 0) is 31.0 Å². The Morgan fingerprint density at radius 3 is 2.58 bits per heavy atom. The van der Waals surface area contributed by atoms with Crippen LogP contribution in [0.3, 0.4) is 0 Å². The normalized spacial score (nSPS) is 10.6. The molecule has 2 aromatic rings. The molecule has 0 bridgehead atoms. The van der Waals surface area contributed by atoms with Gasteiger partial charge in [-0.25, -0.2) is 0 Å². The quantitative estimate of drug-likeness (QED) is 0.860. The maximum Gasteiger partial charge on any atom is 0.175 e. The number of hydrogen-bond donors (Lipinski definition) is 1. The molecule has 0 aliphatic rings. The van der Waals surface area contributed by atoms with Crippen LogP contribution in [-0.2, 0) is 6.42 Å². The molecule has 19 heavy (non-hydrogen) atoms. The fraction of sp³-hybridized carbons (Fsp3) is 0.400. The zero-order valence-electron chi connectivity index (χ0n) is 11.5. The largest absolute Gasteiger partial charge is 0.494 e. The third-order valence-electron chi connectivity index (χ3n) is 3.00. The fourth-order valence-electron chi connectivity index (χ4n) is 2.04. The van der Waals surface area contributed by atoms with Crippen molar-refractivity contribution in [1.82, 2.24) is 5.16 Å². The summed E-state index contributed by atoms with van der Waals surface area (Å²) in [6.45, 7) is 4.78. The van der Waals surface area contributed by atoms with Crippen molar-refractivity contribution in [2.24, 2.45) is 0 Å². The number of nitrogens with two attached hydrogens (primary N) is 1. The zero-order chi connectivity index (χ0) is 13.7. The van der Waals surface area contributed by atoms with E-state index in [1.165, 1.54) is 0 Å². The molecule has 1 heterocycles. The number of unbranched alkanes of at least 4 members (excludes halogenated alkanes) is 1. The molecule has 2 N–H and O–H groups in total. The first-order valence-corrected chi connectivity index (χ1v) is 6.73. The summed E-state index contributed by atoms with van der Waals surface area (Å²) in [4.78, 5) is 0. The van der Waals surface area contributed by atoms with Crippen LogP contribution < -0.4 is 10.5 Å². The topological polar surface area (TPSA) is 61.3 Å². The molecule has 0 fully saturated rings. The molecule has 2 rings (SSSR count). The monoisotopic (exact) mass is 260 g/mol. The summed E-state index contributed by atoms with van der Waals surface area (Å²) in [6.07, 6.45) is 3.05. The van der Waals surface area contributed by atoms with Crippen LogP contribution in [0.5, 0.6) is 5.75 Å². The Bertz CT molecular complexity index is 517. The van der Waals surface area contributed by atoms with Gasteiger partial charge in [0.2, 0.25) is 0 Å². The number of aryl methyl sites for hydroxylation is 1. The highest BCUT2D eigenvalue weighted by atomic mass is 16.5. The number of nitrogen functional groups attached to an aromatic ring is 1. The summed E-state index contributed by atoms with van der Waals surface area (Å²) in [7, 11) is 0. The van der Waals surface area contributed by atoms with Crippen molar-refractivity contribution < 1.29 is 9.26 Å². The van der Waals surface area contributed by atoms with E-state index in [4.69, 9.17) is 15.0 Å². The van der Waals surface area contributed by atoms with Gasteiger partial charge in [0.05, 0.1) is 12.2 Å². The minimum absolute atomic E-state index is 0.454.